The van der Waals surface area contributed by atoms with E-state index < -0.39 is 12.1 Å². The molecule has 2 atom stereocenters. The highest BCUT2D eigenvalue weighted by Crippen LogP contribution is 2.15. The average Bonchev–Trinajstić information content (AvgIpc) is 2.84. The Morgan fingerprint density at radius 2 is 1.00 bits per heavy atom. The molecule has 0 heterocycles. The molecule has 0 saturated heterocycles. The molecule has 4 nitrogen and oxygen atoms in total. The van der Waals surface area contributed by atoms with Crippen LogP contribution in [0.25, 0.3) is 0 Å². The molecule has 0 aromatic heterocycles. The van der Waals surface area contributed by atoms with E-state index in [1.54, 1.807) is 6.08 Å². The van der Waals surface area contributed by atoms with Gasteiger partial charge in [0.15, 0.2) is 0 Å². The molecule has 0 saturated carbocycles. The third kappa shape index (κ3) is 26.0. The summed E-state index contributed by atoms with van der Waals surface area (Å²) in [6.07, 6.45) is 34.5. The normalized spacial score (nSPS) is 13.4. The minimum atomic E-state index is -0.830. The molecule has 0 aliphatic heterocycles. The van der Waals surface area contributed by atoms with Gasteiger partial charge >= 0.3 is 0 Å². The van der Waals surface area contributed by atoms with E-state index in [2.05, 4.69) is 12.2 Å². The lowest BCUT2D eigenvalue weighted by Crippen LogP contribution is -2.44. The smallest absolute Gasteiger partial charge is 0.217 e. The summed E-state index contributed by atoms with van der Waals surface area (Å²) in [5.74, 6) is -0.240. The van der Waals surface area contributed by atoms with Crippen molar-refractivity contribution in [1.82, 2.24) is 5.32 Å². The molecule has 2 unspecified atom stereocenters. The van der Waals surface area contributed by atoms with E-state index >= 15 is 0 Å². The minimum absolute atomic E-state index is 0.240. The summed E-state index contributed by atoms with van der Waals surface area (Å²) in [7, 11) is 0. The average molecular weight is 496 g/mol. The van der Waals surface area contributed by atoms with Crippen LogP contribution in [0.3, 0.4) is 0 Å². The summed E-state index contributed by atoms with van der Waals surface area (Å²) in [4.78, 5) is 11.0. The summed E-state index contributed by atoms with van der Waals surface area (Å²) in [5, 5.41) is 21.8. The Morgan fingerprint density at radius 3 is 1.31 bits per heavy atom. The number of aliphatic hydroxyl groups is 2. The van der Waals surface area contributed by atoms with Gasteiger partial charge in [-0.05, 0) is 12.8 Å². The van der Waals surface area contributed by atoms with Crippen LogP contribution in [0.1, 0.15) is 162 Å². The molecular weight excluding hydrogens is 434 g/mol. The second-order valence-corrected chi connectivity index (χ2v) is 10.6. The third-order valence-corrected chi connectivity index (χ3v) is 7.06. The monoisotopic (exact) mass is 495 g/mol. The molecule has 0 radical (unpaired) electrons. The third-order valence-electron chi connectivity index (χ3n) is 7.06. The van der Waals surface area contributed by atoms with Crippen LogP contribution in [0.15, 0.2) is 12.2 Å². The van der Waals surface area contributed by atoms with E-state index in [-0.39, 0.29) is 12.5 Å². The van der Waals surface area contributed by atoms with Crippen LogP contribution in [-0.4, -0.2) is 34.9 Å². The SMILES string of the molecule is CCCCCCCCCCCCCCCCCCCCCCCC/C=C/C(O)C(CO)NC(C)=O. The van der Waals surface area contributed by atoms with Gasteiger partial charge in [0.1, 0.15) is 0 Å². The molecule has 0 aromatic carbocycles. The zero-order valence-corrected chi connectivity index (χ0v) is 23.6. The molecule has 0 aliphatic carbocycles. The number of allylic oxidation sites excluding steroid dienone is 1. The fourth-order valence-electron chi connectivity index (χ4n) is 4.74. The van der Waals surface area contributed by atoms with Gasteiger partial charge in [0.2, 0.25) is 5.91 Å². The number of carbonyl (C=O) groups excluding carboxylic acids is 1. The second kappa shape index (κ2) is 27.7. The topological polar surface area (TPSA) is 69.6 Å². The standard InChI is InChI=1S/C31H61NO3/c1-3-4-5-6-7-8-9-10-11-12-13-14-15-16-17-18-19-20-21-22-23-24-25-26-27-31(35)30(28-33)32-29(2)34/h26-27,30-31,33,35H,3-25,28H2,1-2H3,(H,32,34)/b27-26+. The lowest BCUT2D eigenvalue weighted by Gasteiger charge is -2.18. The first kappa shape index (κ1) is 34.1. The van der Waals surface area contributed by atoms with Crippen LogP contribution in [0.5, 0.6) is 0 Å². The predicted octanol–water partition coefficient (Wildman–Crippen LogP) is 8.39. The maximum Gasteiger partial charge on any atom is 0.217 e. The summed E-state index contributed by atoms with van der Waals surface area (Å²) in [5.41, 5.74) is 0. The molecule has 0 aromatic rings. The highest BCUT2D eigenvalue weighted by atomic mass is 16.3. The van der Waals surface area contributed by atoms with Gasteiger partial charge in [0, 0.05) is 6.92 Å². The number of unbranched alkanes of at least 4 members (excludes halogenated alkanes) is 22. The summed E-state index contributed by atoms with van der Waals surface area (Å²) in [6.45, 7) is 3.42. The first-order valence-corrected chi connectivity index (χ1v) is 15.3. The summed E-state index contributed by atoms with van der Waals surface area (Å²) < 4.78 is 0. The van der Waals surface area contributed by atoms with Crippen LogP contribution in [0.4, 0.5) is 0 Å². The van der Waals surface area contributed by atoms with Gasteiger partial charge in [0.25, 0.3) is 0 Å². The van der Waals surface area contributed by atoms with Crippen molar-refractivity contribution in [3.05, 3.63) is 12.2 Å². The second-order valence-electron chi connectivity index (χ2n) is 10.6. The van der Waals surface area contributed by atoms with Crippen LogP contribution in [-0.2, 0) is 4.79 Å². The van der Waals surface area contributed by atoms with Gasteiger partial charge in [0.05, 0.1) is 18.8 Å². The Balaban J connectivity index is 3.25. The minimum Gasteiger partial charge on any atom is -0.394 e. The Bertz CT molecular complexity index is 466. The molecule has 0 spiro atoms. The summed E-state index contributed by atoms with van der Waals surface area (Å²) >= 11 is 0. The Morgan fingerprint density at radius 1 is 0.657 bits per heavy atom. The molecule has 4 heteroatoms. The van der Waals surface area contributed by atoms with Gasteiger partial charge in [-0.25, -0.2) is 0 Å². The van der Waals surface area contributed by atoms with Crippen molar-refractivity contribution in [3.63, 3.8) is 0 Å². The van der Waals surface area contributed by atoms with E-state index in [9.17, 15) is 15.0 Å². The van der Waals surface area contributed by atoms with E-state index in [1.807, 2.05) is 6.08 Å². The molecule has 0 aliphatic rings. The maximum atomic E-state index is 11.0. The molecule has 208 valence electrons. The van der Waals surface area contributed by atoms with Crippen molar-refractivity contribution in [2.75, 3.05) is 6.61 Å². The van der Waals surface area contributed by atoms with Gasteiger partial charge < -0.3 is 15.5 Å². The molecule has 35 heavy (non-hydrogen) atoms. The number of hydrogen-bond acceptors (Lipinski definition) is 3. The first-order valence-electron chi connectivity index (χ1n) is 15.3. The maximum absolute atomic E-state index is 11.0. The van der Waals surface area contributed by atoms with Gasteiger partial charge in [-0.3, -0.25) is 4.79 Å². The molecule has 1 amide bonds. The van der Waals surface area contributed by atoms with Crippen LogP contribution >= 0.6 is 0 Å². The Kier molecular flexibility index (Phi) is 27.0. The van der Waals surface area contributed by atoms with Crippen LogP contribution in [0.2, 0.25) is 0 Å². The van der Waals surface area contributed by atoms with Crippen molar-refractivity contribution in [3.8, 4) is 0 Å². The van der Waals surface area contributed by atoms with Gasteiger partial charge in [-0.2, -0.15) is 0 Å². The number of amides is 1. The van der Waals surface area contributed by atoms with Gasteiger partial charge in [-0.1, -0.05) is 154 Å². The molecule has 3 N–H and O–H groups in total. The molecular formula is C31H61NO3. The fraction of sp³-hybridized carbons (Fsp3) is 0.903. The quantitative estimate of drug-likeness (QED) is 0.0791. The van der Waals surface area contributed by atoms with Crippen molar-refractivity contribution in [2.45, 2.75) is 174 Å². The molecule has 0 rings (SSSR count). The van der Waals surface area contributed by atoms with Crippen molar-refractivity contribution in [2.24, 2.45) is 0 Å². The van der Waals surface area contributed by atoms with Crippen LogP contribution < -0.4 is 5.32 Å². The highest BCUT2D eigenvalue weighted by Gasteiger charge is 2.15. The lowest BCUT2D eigenvalue weighted by molar-refractivity contribution is -0.120. The number of rotatable bonds is 27. The van der Waals surface area contributed by atoms with E-state index in [1.165, 1.54) is 142 Å². The number of aliphatic hydroxyl groups excluding tert-OH is 2. The van der Waals surface area contributed by atoms with Crippen molar-refractivity contribution >= 4 is 5.91 Å². The largest absolute Gasteiger partial charge is 0.394 e. The number of nitrogens with one attached hydrogen (secondary N) is 1. The number of carbonyl (C=O) groups is 1. The summed E-state index contributed by atoms with van der Waals surface area (Å²) in [6, 6.07) is -0.617. The first-order chi connectivity index (χ1) is 17.1. The van der Waals surface area contributed by atoms with Crippen molar-refractivity contribution in [1.29, 1.82) is 0 Å². The number of hydrogen-bond donors (Lipinski definition) is 3. The lowest BCUT2D eigenvalue weighted by atomic mass is 10.0. The predicted molar refractivity (Wildman–Crippen MR) is 152 cm³/mol. The van der Waals surface area contributed by atoms with Crippen LogP contribution in [0, 0.1) is 0 Å². The van der Waals surface area contributed by atoms with E-state index in [4.69, 9.17) is 0 Å². The Labute approximate surface area is 218 Å². The molecule has 0 fully saturated rings. The zero-order valence-electron chi connectivity index (χ0n) is 23.6. The van der Waals surface area contributed by atoms with E-state index in [0.717, 1.165) is 12.8 Å². The Hall–Kier alpha value is -0.870. The van der Waals surface area contributed by atoms with E-state index in [0.29, 0.717) is 0 Å². The van der Waals surface area contributed by atoms with Gasteiger partial charge in [-0.15, -0.1) is 0 Å². The van der Waals surface area contributed by atoms with Crippen molar-refractivity contribution < 1.29 is 15.0 Å². The zero-order chi connectivity index (χ0) is 25.8. The highest BCUT2D eigenvalue weighted by molar-refractivity contribution is 5.73. The molecule has 0 bridgehead atoms. The fourth-order valence-corrected chi connectivity index (χ4v) is 4.74.